The number of hydrogen-bond donors (Lipinski definition) is 2. The van der Waals surface area contributed by atoms with Crippen LogP contribution in [0.2, 0.25) is 0 Å². The summed E-state index contributed by atoms with van der Waals surface area (Å²) < 4.78 is 0. The third-order valence-electron chi connectivity index (χ3n) is 2.48. The summed E-state index contributed by atoms with van der Waals surface area (Å²) in [7, 11) is 1.67. The molecule has 0 aromatic carbocycles. The zero-order valence-corrected chi connectivity index (χ0v) is 10.8. The van der Waals surface area contributed by atoms with Gasteiger partial charge in [-0.15, -0.1) is 6.58 Å². The van der Waals surface area contributed by atoms with Crippen LogP contribution in [0.15, 0.2) is 31.1 Å². The van der Waals surface area contributed by atoms with E-state index in [-0.39, 0.29) is 11.6 Å². The molecule has 6 heteroatoms. The molecule has 1 heterocycles. The molecule has 1 rings (SSSR count). The van der Waals surface area contributed by atoms with Crippen molar-refractivity contribution in [1.29, 1.82) is 0 Å². The first-order valence-electron chi connectivity index (χ1n) is 5.86. The molecule has 1 aromatic rings. The Morgan fingerprint density at radius 3 is 2.89 bits per heavy atom. The van der Waals surface area contributed by atoms with E-state index < -0.39 is 5.97 Å². The molecule has 6 nitrogen and oxygen atoms in total. The average Bonchev–Trinajstić information content (AvgIpc) is 2.39. The molecule has 0 aliphatic rings. The number of carbonyl (C=O) groups excluding carboxylic acids is 1. The number of nitrogens with one attached hydrogen (secondary N) is 1. The number of aromatic nitrogens is 1. The summed E-state index contributed by atoms with van der Waals surface area (Å²) in [6.45, 7) is 4.21. The maximum Gasteiger partial charge on any atom is 0.337 e. The van der Waals surface area contributed by atoms with Crippen molar-refractivity contribution in [3.05, 3.63) is 36.7 Å². The Morgan fingerprint density at radius 1 is 1.53 bits per heavy atom. The standard InChI is InChI=1S/C13H17N3O3/c1-3-4-5-6-16(2)13(19)15-11-7-10(12(17)18)8-14-9-11/h3,7-9H,1,4-6H2,2H3,(H,15,19)(H,17,18). The number of anilines is 1. The van der Waals surface area contributed by atoms with Gasteiger partial charge in [-0.1, -0.05) is 6.08 Å². The Morgan fingerprint density at radius 2 is 2.26 bits per heavy atom. The molecule has 0 atom stereocenters. The SMILES string of the molecule is C=CCCCN(C)C(=O)Nc1cncc(C(=O)O)c1. The molecule has 2 N–H and O–H groups in total. The molecule has 0 fully saturated rings. The topological polar surface area (TPSA) is 82.5 Å². The maximum absolute atomic E-state index is 11.8. The lowest BCUT2D eigenvalue weighted by Crippen LogP contribution is -2.32. The van der Waals surface area contributed by atoms with Crippen LogP contribution in [0.1, 0.15) is 23.2 Å². The van der Waals surface area contributed by atoms with Gasteiger partial charge in [0.05, 0.1) is 17.4 Å². The van der Waals surface area contributed by atoms with Crippen LogP contribution >= 0.6 is 0 Å². The fourth-order valence-electron chi connectivity index (χ4n) is 1.42. The minimum absolute atomic E-state index is 0.0344. The van der Waals surface area contributed by atoms with Gasteiger partial charge < -0.3 is 15.3 Å². The number of unbranched alkanes of at least 4 members (excludes halogenated alkanes) is 1. The molecular weight excluding hydrogens is 246 g/mol. The molecule has 0 spiro atoms. The van der Waals surface area contributed by atoms with Crippen LogP contribution in [-0.4, -0.2) is 40.6 Å². The highest BCUT2D eigenvalue weighted by atomic mass is 16.4. The molecule has 0 aliphatic carbocycles. The van der Waals surface area contributed by atoms with Crippen molar-refractivity contribution < 1.29 is 14.7 Å². The van der Waals surface area contributed by atoms with Gasteiger partial charge in [0, 0.05) is 19.8 Å². The Balaban J connectivity index is 2.58. The van der Waals surface area contributed by atoms with Gasteiger partial charge in [0.15, 0.2) is 0 Å². The number of nitrogens with zero attached hydrogens (tertiary/aromatic N) is 2. The van der Waals surface area contributed by atoms with Crippen LogP contribution in [0, 0.1) is 0 Å². The number of carboxylic acids is 1. The molecule has 0 bridgehead atoms. The van der Waals surface area contributed by atoms with Gasteiger partial charge in [0.2, 0.25) is 0 Å². The summed E-state index contributed by atoms with van der Waals surface area (Å²) in [5.74, 6) is -1.08. The van der Waals surface area contributed by atoms with E-state index in [4.69, 9.17) is 5.11 Å². The number of amides is 2. The van der Waals surface area contributed by atoms with Crippen LogP contribution in [0.3, 0.4) is 0 Å². The number of carboxylic acid groups (broad SMARTS) is 1. The Labute approximate surface area is 111 Å². The smallest absolute Gasteiger partial charge is 0.337 e. The minimum atomic E-state index is -1.08. The van der Waals surface area contributed by atoms with E-state index in [9.17, 15) is 9.59 Å². The highest BCUT2D eigenvalue weighted by Gasteiger charge is 2.10. The first kappa shape index (κ1) is 14.7. The molecule has 0 saturated carbocycles. The number of carbonyl (C=O) groups is 2. The van der Waals surface area contributed by atoms with Crippen LogP contribution in [0.25, 0.3) is 0 Å². The lowest BCUT2D eigenvalue weighted by Gasteiger charge is -2.17. The quantitative estimate of drug-likeness (QED) is 0.609. The summed E-state index contributed by atoms with van der Waals surface area (Å²) >= 11 is 0. The van der Waals surface area contributed by atoms with Gasteiger partial charge in [0.25, 0.3) is 0 Å². The maximum atomic E-state index is 11.8. The number of urea groups is 1. The molecule has 0 aliphatic heterocycles. The second kappa shape index (κ2) is 7.15. The van der Waals surface area contributed by atoms with E-state index >= 15 is 0 Å². The fourth-order valence-corrected chi connectivity index (χ4v) is 1.42. The zero-order valence-electron chi connectivity index (χ0n) is 10.8. The molecule has 1 aromatic heterocycles. The van der Waals surface area contributed by atoms with Gasteiger partial charge in [-0.25, -0.2) is 9.59 Å². The van der Waals surface area contributed by atoms with Crippen molar-refractivity contribution in [2.24, 2.45) is 0 Å². The van der Waals surface area contributed by atoms with Crippen molar-refractivity contribution in [3.8, 4) is 0 Å². The third-order valence-corrected chi connectivity index (χ3v) is 2.48. The van der Waals surface area contributed by atoms with Crippen LogP contribution < -0.4 is 5.32 Å². The summed E-state index contributed by atoms with van der Waals surface area (Å²) in [6.07, 6.45) is 6.11. The lowest BCUT2D eigenvalue weighted by molar-refractivity contribution is 0.0696. The van der Waals surface area contributed by atoms with E-state index in [1.54, 1.807) is 13.1 Å². The highest BCUT2D eigenvalue weighted by molar-refractivity contribution is 5.92. The van der Waals surface area contributed by atoms with Gasteiger partial charge in [-0.3, -0.25) is 4.98 Å². The highest BCUT2D eigenvalue weighted by Crippen LogP contribution is 2.09. The summed E-state index contributed by atoms with van der Waals surface area (Å²) in [5.41, 5.74) is 0.396. The largest absolute Gasteiger partial charge is 0.478 e. The van der Waals surface area contributed by atoms with Crippen molar-refractivity contribution in [3.63, 3.8) is 0 Å². The normalized spacial score (nSPS) is 9.74. The van der Waals surface area contributed by atoms with E-state index in [2.05, 4.69) is 16.9 Å². The third kappa shape index (κ3) is 4.79. The monoisotopic (exact) mass is 263 g/mol. The van der Waals surface area contributed by atoms with Gasteiger partial charge in [-0.2, -0.15) is 0 Å². The summed E-state index contributed by atoms with van der Waals surface area (Å²) in [6, 6.07) is 1.07. The molecule has 19 heavy (non-hydrogen) atoms. The van der Waals surface area contributed by atoms with Crippen LogP contribution in [0.4, 0.5) is 10.5 Å². The van der Waals surface area contributed by atoms with Crippen molar-refractivity contribution in [1.82, 2.24) is 9.88 Å². The van der Waals surface area contributed by atoms with Crippen LogP contribution in [0.5, 0.6) is 0 Å². The molecule has 102 valence electrons. The van der Waals surface area contributed by atoms with Crippen LogP contribution in [-0.2, 0) is 0 Å². The molecule has 0 saturated heterocycles. The molecule has 0 unspecified atom stereocenters. The summed E-state index contributed by atoms with van der Waals surface area (Å²) in [5, 5.41) is 11.4. The van der Waals surface area contributed by atoms with E-state index in [1.165, 1.54) is 23.4 Å². The Bertz CT molecular complexity index is 474. The predicted octanol–water partition coefficient (Wildman–Crippen LogP) is 2.21. The van der Waals surface area contributed by atoms with E-state index in [0.29, 0.717) is 12.2 Å². The van der Waals surface area contributed by atoms with Crippen molar-refractivity contribution >= 4 is 17.7 Å². The number of pyridine rings is 1. The van der Waals surface area contributed by atoms with Crippen molar-refractivity contribution in [2.45, 2.75) is 12.8 Å². The number of hydrogen-bond acceptors (Lipinski definition) is 3. The number of aromatic carboxylic acids is 1. The minimum Gasteiger partial charge on any atom is -0.478 e. The van der Waals surface area contributed by atoms with Crippen molar-refractivity contribution in [2.75, 3.05) is 18.9 Å². The zero-order chi connectivity index (χ0) is 14.3. The van der Waals surface area contributed by atoms with Gasteiger partial charge in [-0.05, 0) is 18.9 Å². The Hall–Kier alpha value is -2.37. The number of rotatable bonds is 6. The van der Waals surface area contributed by atoms with Gasteiger partial charge >= 0.3 is 12.0 Å². The first-order valence-corrected chi connectivity index (χ1v) is 5.86. The molecule has 0 radical (unpaired) electrons. The number of allylic oxidation sites excluding steroid dienone is 1. The van der Waals surface area contributed by atoms with E-state index in [0.717, 1.165) is 12.8 Å². The fraction of sp³-hybridized carbons (Fsp3) is 0.308. The van der Waals surface area contributed by atoms with E-state index in [1.807, 2.05) is 0 Å². The summed E-state index contributed by atoms with van der Waals surface area (Å²) in [4.78, 5) is 27.9. The lowest BCUT2D eigenvalue weighted by atomic mass is 10.2. The predicted molar refractivity (Wildman–Crippen MR) is 72.3 cm³/mol. The second-order valence-electron chi connectivity index (χ2n) is 4.05. The second-order valence-corrected chi connectivity index (χ2v) is 4.05. The average molecular weight is 263 g/mol. The Kier molecular flexibility index (Phi) is 5.53. The first-order chi connectivity index (χ1) is 9.04. The molecular formula is C13H17N3O3. The van der Waals surface area contributed by atoms with Gasteiger partial charge in [0.1, 0.15) is 0 Å². The molecule has 2 amide bonds.